The van der Waals surface area contributed by atoms with Crippen LogP contribution < -0.4 is 0 Å². The van der Waals surface area contributed by atoms with E-state index >= 15 is 0 Å². The fourth-order valence-electron chi connectivity index (χ4n) is 1.96. The summed E-state index contributed by atoms with van der Waals surface area (Å²) in [5, 5.41) is 0. The topological polar surface area (TPSA) is 28.7 Å². The van der Waals surface area contributed by atoms with Gasteiger partial charge in [-0.2, -0.15) is 0 Å². The molecular formula is C15H24N2. The Morgan fingerprint density at radius 1 is 1.06 bits per heavy atom. The fourth-order valence-corrected chi connectivity index (χ4v) is 1.96. The van der Waals surface area contributed by atoms with Crippen LogP contribution in [0.5, 0.6) is 0 Å². The summed E-state index contributed by atoms with van der Waals surface area (Å²) in [4.78, 5) is 7.22. The number of imidazole rings is 1. The first kappa shape index (κ1) is 13.8. The molecule has 0 fully saturated rings. The van der Waals surface area contributed by atoms with E-state index in [1.165, 1.54) is 50.6 Å². The SMILES string of the molecule is CC#CCCCCCCCCCc1c[nH]cn1. The van der Waals surface area contributed by atoms with Crippen LogP contribution in [-0.4, -0.2) is 9.97 Å². The van der Waals surface area contributed by atoms with Crippen molar-refractivity contribution < 1.29 is 0 Å². The van der Waals surface area contributed by atoms with E-state index in [-0.39, 0.29) is 0 Å². The van der Waals surface area contributed by atoms with Crippen LogP contribution in [0.3, 0.4) is 0 Å². The monoisotopic (exact) mass is 232 g/mol. The quantitative estimate of drug-likeness (QED) is 0.504. The molecule has 17 heavy (non-hydrogen) atoms. The Bertz CT molecular complexity index is 316. The third-order valence-corrected chi connectivity index (χ3v) is 2.97. The number of aromatic amines is 1. The summed E-state index contributed by atoms with van der Waals surface area (Å²) in [6.07, 6.45) is 15.3. The highest BCUT2D eigenvalue weighted by atomic mass is 14.9. The molecule has 1 N–H and O–H groups in total. The first-order valence-corrected chi connectivity index (χ1v) is 6.80. The highest BCUT2D eigenvalue weighted by Gasteiger charge is 1.95. The van der Waals surface area contributed by atoms with Gasteiger partial charge >= 0.3 is 0 Å². The molecule has 0 aliphatic heterocycles. The Labute approximate surface area is 105 Å². The molecule has 0 radical (unpaired) electrons. The zero-order valence-corrected chi connectivity index (χ0v) is 11.0. The molecule has 0 aromatic carbocycles. The number of hydrogen-bond acceptors (Lipinski definition) is 1. The van der Waals surface area contributed by atoms with Gasteiger partial charge in [0.1, 0.15) is 0 Å². The van der Waals surface area contributed by atoms with Crippen molar-refractivity contribution in [3.05, 3.63) is 18.2 Å². The number of unbranched alkanes of at least 4 members (excludes halogenated alkanes) is 7. The minimum Gasteiger partial charge on any atom is -0.351 e. The average molecular weight is 232 g/mol. The second kappa shape index (κ2) is 9.96. The summed E-state index contributed by atoms with van der Waals surface area (Å²) < 4.78 is 0. The van der Waals surface area contributed by atoms with Gasteiger partial charge < -0.3 is 4.98 Å². The van der Waals surface area contributed by atoms with Gasteiger partial charge in [-0.1, -0.05) is 32.1 Å². The van der Waals surface area contributed by atoms with Gasteiger partial charge in [0, 0.05) is 12.6 Å². The van der Waals surface area contributed by atoms with Crippen LogP contribution in [0.2, 0.25) is 0 Å². The molecule has 1 heterocycles. The maximum atomic E-state index is 4.22. The van der Waals surface area contributed by atoms with Gasteiger partial charge in [-0.15, -0.1) is 11.8 Å². The van der Waals surface area contributed by atoms with Crippen molar-refractivity contribution in [3.8, 4) is 11.8 Å². The molecule has 0 saturated carbocycles. The number of nitrogens with one attached hydrogen (secondary N) is 1. The molecule has 0 aliphatic rings. The van der Waals surface area contributed by atoms with E-state index in [1.807, 2.05) is 13.1 Å². The van der Waals surface area contributed by atoms with Crippen molar-refractivity contribution in [2.45, 2.75) is 64.7 Å². The predicted octanol–water partition coefficient (Wildman–Crippen LogP) is 4.10. The lowest BCUT2D eigenvalue weighted by Crippen LogP contribution is -1.86. The zero-order valence-electron chi connectivity index (χ0n) is 11.0. The van der Waals surface area contributed by atoms with Crippen molar-refractivity contribution in [1.29, 1.82) is 0 Å². The molecule has 0 aliphatic carbocycles. The highest BCUT2D eigenvalue weighted by molar-refractivity contribution is 4.94. The molecule has 2 heteroatoms. The van der Waals surface area contributed by atoms with Gasteiger partial charge in [0.15, 0.2) is 0 Å². The second-order valence-corrected chi connectivity index (χ2v) is 4.46. The van der Waals surface area contributed by atoms with Crippen LogP contribution in [0.25, 0.3) is 0 Å². The smallest absolute Gasteiger partial charge is 0.0923 e. The van der Waals surface area contributed by atoms with Crippen LogP contribution in [-0.2, 0) is 6.42 Å². The molecule has 0 atom stereocenters. The van der Waals surface area contributed by atoms with Crippen molar-refractivity contribution in [2.24, 2.45) is 0 Å². The summed E-state index contributed by atoms with van der Waals surface area (Å²) >= 11 is 0. The van der Waals surface area contributed by atoms with Crippen LogP contribution in [0.1, 0.15) is 64.0 Å². The molecule has 0 bridgehead atoms. The lowest BCUT2D eigenvalue weighted by Gasteiger charge is -2.00. The third kappa shape index (κ3) is 7.63. The maximum Gasteiger partial charge on any atom is 0.0923 e. The van der Waals surface area contributed by atoms with E-state index < -0.39 is 0 Å². The molecule has 0 unspecified atom stereocenters. The average Bonchev–Trinajstić information content (AvgIpc) is 2.85. The van der Waals surface area contributed by atoms with Crippen LogP contribution >= 0.6 is 0 Å². The van der Waals surface area contributed by atoms with Crippen molar-refractivity contribution >= 4 is 0 Å². The largest absolute Gasteiger partial charge is 0.351 e. The summed E-state index contributed by atoms with van der Waals surface area (Å²) in [7, 11) is 0. The van der Waals surface area contributed by atoms with Gasteiger partial charge in [0.25, 0.3) is 0 Å². The molecule has 94 valence electrons. The van der Waals surface area contributed by atoms with Crippen molar-refractivity contribution in [1.82, 2.24) is 9.97 Å². The molecular weight excluding hydrogens is 208 g/mol. The molecule has 1 aromatic heterocycles. The minimum absolute atomic E-state index is 1.08. The van der Waals surface area contributed by atoms with E-state index in [9.17, 15) is 0 Å². The van der Waals surface area contributed by atoms with Gasteiger partial charge in [-0.25, -0.2) is 4.98 Å². The number of rotatable bonds is 9. The number of aryl methyl sites for hydroxylation is 1. The van der Waals surface area contributed by atoms with E-state index in [2.05, 4.69) is 21.8 Å². The molecule has 1 aromatic rings. The zero-order chi connectivity index (χ0) is 12.2. The summed E-state index contributed by atoms with van der Waals surface area (Å²) in [6, 6.07) is 0. The number of aromatic nitrogens is 2. The summed E-state index contributed by atoms with van der Waals surface area (Å²) in [5.41, 5.74) is 1.20. The van der Waals surface area contributed by atoms with E-state index in [0.29, 0.717) is 0 Å². The molecule has 0 spiro atoms. The van der Waals surface area contributed by atoms with Crippen LogP contribution in [0, 0.1) is 11.8 Å². The Kier molecular flexibility index (Phi) is 8.10. The van der Waals surface area contributed by atoms with Gasteiger partial charge in [-0.05, 0) is 26.2 Å². The predicted molar refractivity (Wildman–Crippen MR) is 72.7 cm³/mol. The van der Waals surface area contributed by atoms with Crippen molar-refractivity contribution in [3.63, 3.8) is 0 Å². The Morgan fingerprint density at radius 3 is 2.41 bits per heavy atom. The first-order chi connectivity index (χ1) is 8.43. The molecule has 0 saturated heterocycles. The number of H-pyrrole nitrogens is 1. The molecule has 2 nitrogen and oxygen atoms in total. The minimum atomic E-state index is 1.08. The van der Waals surface area contributed by atoms with Gasteiger partial charge in [0.05, 0.1) is 12.0 Å². The molecule has 0 amide bonds. The normalized spacial score (nSPS) is 9.94. The Hall–Kier alpha value is -1.23. The Morgan fingerprint density at radius 2 is 1.76 bits per heavy atom. The second-order valence-electron chi connectivity index (χ2n) is 4.46. The van der Waals surface area contributed by atoms with Gasteiger partial charge in [-0.3, -0.25) is 0 Å². The summed E-state index contributed by atoms with van der Waals surface area (Å²) in [6.45, 7) is 1.92. The summed E-state index contributed by atoms with van der Waals surface area (Å²) in [5.74, 6) is 6.06. The van der Waals surface area contributed by atoms with E-state index in [1.54, 1.807) is 6.33 Å². The third-order valence-electron chi connectivity index (χ3n) is 2.97. The Balaban J connectivity index is 1.79. The fraction of sp³-hybridized carbons (Fsp3) is 0.667. The van der Waals surface area contributed by atoms with Crippen LogP contribution in [0.15, 0.2) is 12.5 Å². The van der Waals surface area contributed by atoms with Crippen molar-refractivity contribution in [2.75, 3.05) is 0 Å². The lowest BCUT2D eigenvalue weighted by atomic mass is 10.1. The molecule has 1 rings (SSSR count). The van der Waals surface area contributed by atoms with E-state index in [0.717, 1.165) is 12.8 Å². The lowest BCUT2D eigenvalue weighted by molar-refractivity contribution is 0.581. The van der Waals surface area contributed by atoms with E-state index in [4.69, 9.17) is 0 Å². The number of nitrogens with zero attached hydrogens (tertiary/aromatic N) is 1. The standard InChI is InChI=1S/C15H24N2/c1-2-3-4-5-6-7-8-9-10-11-12-15-13-16-14-17-15/h13-14H,4-12H2,1H3,(H,16,17). The first-order valence-electron chi connectivity index (χ1n) is 6.80. The highest BCUT2D eigenvalue weighted by Crippen LogP contribution is 2.09. The van der Waals surface area contributed by atoms with Gasteiger partial charge in [0.2, 0.25) is 0 Å². The van der Waals surface area contributed by atoms with Crippen LogP contribution in [0.4, 0.5) is 0 Å². The number of hydrogen-bond donors (Lipinski definition) is 1. The maximum absolute atomic E-state index is 4.22.